The summed E-state index contributed by atoms with van der Waals surface area (Å²) < 4.78 is 253. The summed E-state index contributed by atoms with van der Waals surface area (Å²) in [6.45, 7) is 14.5. The summed E-state index contributed by atoms with van der Waals surface area (Å²) in [6, 6.07) is 4.25. The second-order valence-corrected chi connectivity index (χ2v) is 27.5. The average molecular weight is 1610 g/mol. The molecule has 0 fully saturated rings. The van der Waals surface area contributed by atoms with Gasteiger partial charge in [0, 0.05) is 71.5 Å². The van der Waals surface area contributed by atoms with Gasteiger partial charge in [-0.1, -0.05) is 39.8 Å². The number of halogens is 16. The molecule has 4 atom stereocenters. The molecule has 0 radical (unpaired) electrons. The number of carbonyl (C=O) groups is 4. The van der Waals surface area contributed by atoms with Crippen molar-refractivity contribution in [1.29, 1.82) is 0 Å². The van der Waals surface area contributed by atoms with Crippen molar-refractivity contribution in [1.82, 2.24) is 18.9 Å². The predicted octanol–water partition coefficient (Wildman–Crippen LogP) is 15.0. The quantitative estimate of drug-likeness (QED) is 0.0245. The number of carboxylic acid groups (broad SMARTS) is 1. The summed E-state index contributed by atoms with van der Waals surface area (Å²) in [7, 11) is 9.48. The Morgan fingerprint density at radius 3 is 1.12 bits per heavy atom. The normalized spacial score (nSPS) is 12.9. The van der Waals surface area contributed by atoms with Gasteiger partial charge in [0.15, 0.2) is 11.6 Å². The molecule has 34 heteroatoms. The van der Waals surface area contributed by atoms with Crippen LogP contribution in [0.1, 0.15) is 177 Å². The van der Waals surface area contributed by atoms with E-state index in [0.717, 1.165) is 21.5 Å². The molecule has 2 unspecified atom stereocenters. The molecule has 0 bridgehead atoms. The molecular weight excluding hydrogens is 1520 g/mol. The molecule has 4 aromatic carbocycles. The number of aryl methyl sites for hydroxylation is 4. The van der Waals surface area contributed by atoms with Crippen LogP contribution in [0.3, 0.4) is 0 Å². The molecule has 2 aromatic heterocycles. The summed E-state index contributed by atoms with van der Waals surface area (Å²) in [5, 5.41) is 9.76. The average Bonchev–Trinajstić information content (AvgIpc) is 0.749. The molecule has 6 rings (SSSR count). The molecule has 0 aliphatic rings. The number of esters is 1. The van der Waals surface area contributed by atoms with Crippen LogP contribution in [0.2, 0.25) is 0 Å². The van der Waals surface area contributed by atoms with Crippen LogP contribution in [0.5, 0.6) is 11.5 Å². The van der Waals surface area contributed by atoms with Crippen molar-refractivity contribution in [2.75, 3.05) is 62.1 Å². The molecule has 0 amide bonds. The minimum Gasteiger partial charge on any atom is -0.870 e. The van der Waals surface area contributed by atoms with Crippen molar-refractivity contribution >= 4 is 50.5 Å². The number of carboxylic acids is 1. The molecule has 0 spiro atoms. The number of nitrogens with zero attached hydrogens (tertiary/aromatic N) is 4. The van der Waals surface area contributed by atoms with Crippen LogP contribution in [-0.4, -0.2) is 115 Å². The van der Waals surface area contributed by atoms with Gasteiger partial charge in [0.05, 0.1) is 68.0 Å². The fourth-order valence-corrected chi connectivity index (χ4v) is 13.1. The van der Waals surface area contributed by atoms with E-state index in [1.807, 2.05) is 0 Å². The molecule has 0 aliphatic carbocycles. The monoisotopic (exact) mass is 1610 g/mol. The van der Waals surface area contributed by atoms with Crippen molar-refractivity contribution in [2.24, 2.45) is 11.8 Å². The minimum absolute atomic E-state index is 0. The molecule has 2 heterocycles. The summed E-state index contributed by atoms with van der Waals surface area (Å²) in [4.78, 5) is 83.3. The number of hydrogen-bond acceptors (Lipinski definition) is 12. The summed E-state index contributed by atoms with van der Waals surface area (Å²) >= 11 is 0. The molecule has 0 aliphatic heterocycles. The Bertz CT molecular complexity index is 4290. The number of carbonyl (C=O) groups excluding carboxylic acids is 3. The van der Waals surface area contributed by atoms with Gasteiger partial charge in [-0.15, -0.1) is 0 Å². The fraction of sp³-hybridized carbons (Fsp3) is 0.500. The van der Waals surface area contributed by atoms with Crippen molar-refractivity contribution in [3.8, 4) is 33.8 Å². The van der Waals surface area contributed by atoms with E-state index in [0.29, 0.717) is 36.9 Å². The zero-order chi connectivity index (χ0) is 80.3. The molecular formula is C76H93F16LiN4O11S2. The Morgan fingerprint density at radius 2 is 0.836 bits per heavy atom. The first-order chi connectivity index (χ1) is 49.0. The number of methoxy groups -OCH3 is 2. The Morgan fingerprint density at radius 1 is 0.509 bits per heavy atom. The Balaban J connectivity index is 0.00000106. The molecule has 0 saturated heterocycles. The third-order valence-corrected chi connectivity index (χ3v) is 18.0. The molecule has 608 valence electrons. The number of ketones is 2. The van der Waals surface area contributed by atoms with Gasteiger partial charge in [0.2, 0.25) is 0 Å². The smallest absolute Gasteiger partial charge is 0.870 e. The minimum atomic E-state index is -5.38. The maximum absolute atomic E-state index is 16.8. The van der Waals surface area contributed by atoms with Gasteiger partial charge in [-0.2, -0.15) is 79.7 Å². The zero-order valence-electron chi connectivity index (χ0n) is 63.8. The number of aliphatic carboxylic acids is 1. The predicted molar refractivity (Wildman–Crippen MR) is 389 cm³/mol. The topological polar surface area (TPSA) is 197 Å². The van der Waals surface area contributed by atoms with Crippen LogP contribution >= 0.6 is 27.0 Å². The number of hydrogen-bond donors (Lipinski definition) is 1. The van der Waals surface area contributed by atoms with Crippen LogP contribution in [0.15, 0.2) is 70.5 Å². The molecule has 6 aromatic rings. The summed E-state index contributed by atoms with van der Waals surface area (Å²) in [5.74, 6) is -16.1. The first kappa shape index (κ1) is 101. The van der Waals surface area contributed by atoms with Crippen molar-refractivity contribution in [2.45, 2.75) is 175 Å². The molecule has 15 nitrogen and oxygen atoms in total. The fourth-order valence-electron chi connectivity index (χ4n) is 13.1. The summed E-state index contributed by atoms with van der Waals surface area (Å²) in [6.07, 6.45) is -22.9. The van der Waals surface area contributed by atoms with Crippen molar-refractivity contribution < 1.29 is 133 Å². The van der Waals surface area contributed by atoms with Gasteiger partial charge < -0.3 is 43.7 Å². The standard InChI is InChI=1S/C39H46F8N2O5.C37H42F8N2O5.Li.H2O.2H2S/c1-9-54-33(52)17-25(35-36(40)26(18-28(37(35)41)39(45,46)47)34-22(4)12-13-31(53-8)23(34)5)16-30(50)29(15-21(2)3)49-20-24(11-10-14-48(6)7)27(19-32(49)51)38(42,43)44;1-19(2)13-27(47-18-22(9-8-12-46(5)6)25(17-30(47)49)36(40,41)42)28(48)14-23(15-31(50)51)33-34(38)24(16-26(35(33)39)37(43,44)45)32-20(3)10-11-29(52-7)21(32)4;;;;/h12-13,18-21,25,29H,9-11,14-17H2,1-8H3;10-11,16-19,23,27H,8-9,12-15H2,1-7H3,(H,50,51);;3*1H2/q;;+1;;;/p-1/t25-,29?;23-,27?;;;;/m00..../s1. The third kappa shape index (κ3) is 25.6. The van der Waals surface area contributed by atoms with Gasteiger partial charge in [-0.25, -0.2) is 17.6 Å². The zero-order valence-corrected chi connectivity index (χ0v) is 65.8. The number of pyridine rings is 2. The van der Waals surface area contributed by atoms with Crippen LogP contribution < -0.4 is 39.5 Å². The second kappa shape index (κ2) is 42.0. The second-order valence-electron chi connectivity index (χ2n) is 27.5. The first-order valence-corrected chi connectivity index (χ1v) is 33.9. The van der Waals surface area contributed by atoms with E-state index in [9.17, 15) is 86.6 Å². The van der Waals surface area contributed by atoms with Crippen molar-refractivity contribution in [3.05, 3.63) is 172 Å². The van der Waals surface area contributed by atoms with Crippen LogP contribution in [0.25, 0.3) is 22.3 Å². The van der Waals surface area contributed by atoms with E-state index in [-0.39, 0.29) is 165 Å². The van der Waals surface area contributed by atoms with Crippen LogP contribution in [-0.2, 0) is 61.5 Å². The van der Waals surface area contributed by atoms with E-state index >= 15 is 17.6 Å². The molecule has 0 saturated carbocycles. The number of Topliss-reactive ketones (excluding diaryl/α,β-unsaturated/α-hetero) is 2. The Labute approximate surface area is 653 Å². The van der Waals surface area contributed by atoms with E-state index in [2.05, 4.69) is 0 Å². The van der Waals surface area contributed by atoms with Crippen LogP contribution in [0.4, 0.5) is 70.2 Å². The number of rotatable bonds is 31. The van der Waals surface area contributed by atoms with Gasteiger partial charge in [0.1, 0.15) is 34.8 Å². The Kier molecular flexibility index (Phi) is 38.5. The van der Waals surface area contributed by atoms with Gasteiger partial charge >= 0.3 is 55.5 Å². The van der Waals surface area contributed by atoms with Gasteiger partial charge in [-0.3, -0.25) is 28.8 Å². The number of benzene rings is 4. The van der Waals surface area contributed by atoms with E-state index < -0.39 is 177 Å². The molecule has 2 N–H and O–H groups in total. The van der Waals surface area contributed by atoms with E-state index in [1.54, 1.807) is 65.7 Å². The van der Waals surface area contributed by atoms with E-state index in [1.165, 1.54) is 73.1 Å². The maximum Gasteiger partial charge on any atom is 1.00 e. The largest absolute Gasteiger partial charge is 1.00 e. The first-order valence-electron chi connectivity index (χ1n) is 33.9. The van der Waals surface area contributed by atoms with Gasteiger partial charge in [0.25, 0.3) is 11.1 Å². The number of ether oxygens (including phenoxy) is 3. The maximum atomic E-state index is 16.8. The third-order valence-electron chi connectivity index (χ3n) is 18.0. The number of alkyl halides is 12. The van der Waals surface area contributed by atoms with Crippen LogP contribution in [0, 0.1) is 62.8 Å². The molecule has 110 heavy (non-hydrogen) atoms. The van der Waals surface area contributed by atoms with E-state index in [4.69, 9.17) is 14.2 Å². The number of aromatic nitrogens is 2. The summed E-state index contributed by atoms with van der Waals surface area (Å²) in [5.41, 5.74) is -12.0. The SMILES string of the molecule is CCOC(=O)C[C@H](CC(=O)C(CC(C)C)n1cc(CCCN(C)C)c(C(F)(F)F)cc1=O)c1c(F)c(-c2c(C)ccc(OC)c2C)cc(C(F)(F)F)c1F.COc1ccc(C)c(-c2cc(C(F)(F)F)c(F)c([C@H](CC(=O)O)CC(=O)C(CC(C)C)n3cc(CCCN(C)C)c(C(F)(F)F)cc3=O)c2F)c1C.S.S.[Li+].[OH-]. The Hall–Kier alpha value is -7.28. The van der Waals surface area contributed by atoms with Gasteiger partial charge in [-0.05, 0) is 195 Å². The van der Waals surface area contributed by atoms with Crippen molar-refractivity contribution in [3.63, 3.8) is 0 Å².